The first-order chi connectivity index (χ1) is 14.7. The molecule has 0 saturated carbocycles. The molecule has 0 aliphatic carbocycles. The van der Waals surface area contributed by atoms with Crippen molar-refractivity contribution in [2.45, 2.75) is 87.1 Å². The number of hydrogen-bond acceptors (Lipinski definition) is 4. The minimum atomic E-state index is -0.306. The van der Waals surface area contributed by atoms with E-state index in [1.54, 1.807) is 26.0 Å². The van der Waals surface area contributed by atoms with Gasteiger partial charge < -0.3 is 15.2 Å². The van der Waals surface area contributed by atoms with Gasteiger partial charge in [-0.05, 0) is 63.1 Å². The Morgan fingerprint density at radius 2 is 1.59 bits per heavy atom. The fourth-order valence-electron chi connectivity index (χ4n) is 3.09. The van der Waals surface area contributed by atoms with Crippen LogP contribution in [0.4, 0.5) is 0 Å². The molecule has 4 heteroatoms. The molecule has 0 radical (unpaired) electrons. The van der Waals surface area contributed by atoms with Crippen LogP contribution in [0.15, 0.2) is 48.7 Å². The lowest BCUT2D eigenvalue weighted by atomic mass is 9.76. The van der Waals surface area contributed by atoms with Crippen LogP contribution in [0.3, 0.4) is 0 Å². The molecule has 0 aliphatic rings. The van der Waals surface area contributed by atoms with E-state index in [1.165, 1.54) is 11.1 Å². The summed E-state index contributed by atoms with van der Waals surface area (Å²) in [4.78, 5) is 22.7. The number of rotatable bonds is 12. The molecule has 2 N–H and O–H groups in total. The number of nitrogens with one attached hydrogen (secondary N) is 1. The Labute approximate surface area is 196 Å². The highest BCUT2D eigenvalue weighted by Gasteiger charge is 2.29. The quantitative estimate of drug-likeness (QED) is 0.356. The van der Waals surface area contributed by atoms with Crippen molar-refractivity contribution in [3.8, 4) is 5.75 Å². The van der Waals surface area contributed by atoms with Crippen LogP contribution in [0, 0.1) is 17.3 Å². The van der Waals surface area contributed by atoms with E-state index in [0.717, 1.165) is 18.5 Å². The Bertz CT molecular complexity index is 761. The standard InChI is InChI=1S/C16H29NO2.C12H16O/c1-8-11(2)16(6,7)14(5)17-15(13(4)19)10-9-12(3)18;1-9(2)10(3)8-11-4-6-12(13)7-5-11/h11,15,17H,5,8-10H2,1-4,6-7H3;4-7,10,13H,1,8H2,2-3H3/t11?,15-;10-/m00/s1. The Balaban J connectivity index is 0.000000641. The molecular formula is C28H45NO3. The van der Waals surface area contributed by atoms with Crippen LogP contribution >= 0.6 is 0 Å². The van der Waals surface area contributed by atoms with E-state index in [2.05, 4.69) is 53.1 Å². The summed E-state index contributed by atoms with van der Waals surface area (Å²) in [5.41, 5.74) is 3.26. The zero-order valence-corrected chi connectivity index (χ0v) is 21.5. The topological polar surface area (TPSA) is 66.4 Å². The van der Waals surface area contributed by atoms with Crippen molar-refractivity contribution in [3.05, 3.63) is 54.3 Å². The second-order valence-electron chi connectivity index (χ2n) is 9.68. The van der Waals surface area contributed by atoms with E-state index < -0.39 is 0 Å². The minimum absolute atomic E-state index is 0.0577. The van der Waals surface area contributed by atoms with E-state index in [1.807, 2.05) is 19.1 Å². The molecule has 1 rings (SSSR count). The summed E-state index contributed by atoms with van der Waals surface area (Å²) in [7, 11) is 0. The van der Waals surface area contributed by atoms with Gasteiger partial charge in [-0.1, -0.05) is 71.9 Å². The zero-order valence-electron chi connectivity index (χ0n) is 21.5. The first kappa shape index (κ1) is 29.6. The van der Waals surface area contributed by atoms with Gasteiger partial charge in [0.1, 0.15) is 11.5 Å². The average Bonchev–Trinajstić information content (AvgIpc) is 2.71. The summed E-state index contributed by atoms with van der Waals surface area (Å²) < 4.78 is 0. The number of hydrogen-bond donors (Lipinski definition) is 2. The second-order valence-corrected chi connectivity index (χ2v) is 9.68. The Kier molecular flexibility index (Phi) is 12.9. The molecule has 0 bridgehead atoms. The lowest BCUT2D eigenvalue weighted by Crippen LogP contribution is -2.41. The lowest BCUT2D eigenvalue weighted by Gasteiger charge is -2.35. The van der Waals surface area contributed by atoms with Crippen molar-refractivity contribution in [2.75, 3.05) is 0 Å². The van der Waals surface area contributed by atoms with Crippen LogP contribution in [0.1, 0.15) is 80.2 Å². The smallest absolute Gasteiger partial charge is 0.151 e. The normalized spacial score (nSPS) is 13.8. The van der Waals surface area contributed by atoms with E-state index in [4.69, 9.17) is 5.11 Å². The van der Waals surface area contributed by atoms with E-state index in [9.17, 15) is 9.59 Å². The minimum Gasteiger partial charge on any atom is -0.508 e. The van der Waals surface area contributed by atoms with Crippen molar-refractivity contribution >= 4 is 11.6 Å². The average molecular weight is 444 g/mol. The molecule has 3 atom stereocenters. The van der Waals surface area contributed by atoms with Crippen LogP contribution in [0.25, 0.3) is 0 Å². The monoisotopic (exact) mass is 443 g/mol. The molecule has 1 aromatic carbocycles. The van der Waals surface area contributed by atoms with Gasteiger partial charge in [-0.25, -0.2) is 0 Å². The number of benzene rings is 1. The summed E-state index contributed by atoms with van der Waals surface area (Å²) >= 11 is 0. The van der Waals surface area contributed by atoms with Crippen LogP contribution in [0.5, 0.6) is 5.75 Å². The Morgan fingerprint density at radius 1 is 1.06 bits per heavy atom. The first-order valence-electron chi connectivity index (χ1n) is 11.6. The molecule has 0 heterocycles. The molecule has 1 aromatic rings. The van der Waals surface area contributed by atoms with Crippen molar-refractivity contribution in [1.29, 1.82) is 0 Å². The molecule has 32 heavy (non-hydrogen) atoms. The summed E-state index contributed by atoms with van der Waals surface area (Å²) in [5.74, 6) is 1.48. The van der Waals surface area contributed by atoms with Crippen molar-refractivity contribution in [1.82, 2.24) is 5.32 Å². The maximum atomic E-state index is 11.6. The number of phenols is 1. The number of aromatic hydroxyl groups is 1. The maximum absolute atomic E-state index is 11.6. The molecule has 4 nitrogen and oxygen atoms in total. The third kappa shape index (κ3) is 10.8. The van der Waals surface area contributed by atoms with Crippen molar-refractivity contribution in [3.63, 3.8) is 0 Å². The van der Waals surface area contributed by atoms with Gasteiger partial charge in [-0.2, -0.15) is 0 Å². The third-order valence-electron chi connectivity index (χ3n) is 6.57. The Morgan fingerprint density at radius 3 is 2.00 bits per heavy atom. The van der Waals surface area contributed by atoms with Crippen molar-refractivity contribution < 1.29 is 14.7 Å². The third-order valence-corrected chi connectivity index (χ3v) is 6.57. The largest absolute Gasteiger partial charge is 0.508 e. The van der Waals surface area contributed by atoms with E-state index in [-0.39, 0.29) is 23.0 Å². The van der Waals surface area contributed by atoms with Gasteiger partial charge in [0.2, 0.25) is 0 Å². The highest BCUT2D eigenvalue weighted by molar-refractivity contribution is 5.83. The first-order valence-corrected chi connectivity index (χ1v) is 11.6. The number of Topliss-reactive ketones (excluding diaryl/α,β-unsaturated/α-hetero) is 2. The predicted molar refractivity (Wildman–Crippen MR) is 136 cm³/mol. The number of phenolic OH excluding ortho intramolecular Hbond substituents is 1. The molecule has 0 spiro atoms. The van der Waals surface area contributed by atoms with Gasteiger partial charge >= 0.3 is 0 Å². The summed E-state index contributed by atoms with van der Waals surface area (Å²) in [6, 6.07) is 7.05. The van der Waals surface area contributed by atoms with Gasteiger partial charge in [-0.15, -0.1) is 0 Å². The lowest BCUT2D eigenvalue weighted by molar-refractivity contribution is -0.119. The van der Waals surface area contributed by atoms with Gasteiger partial charge in [-0.3, -0.25) is 4.79 Å². The highest BCUT2D eigenvalue weighted by Crippen LogP contribution is 2.34. The maximum Gasteiger partial charge on any atom is 0.151 e. The highest BCUT2D eigenvalue weighted by atomic mass is 16.3. The fourth-order valence-corrected chi connectivity index (χ4v) is 3.09. The fraction of sp³-hybridized carbons (Fsp3) is 0.571. The molecule has 0 saturated heterocycles. The Hall–Kier alpha value is -2.36. The van der Waals surface area contributed by atoms with Crippen molar-refractivity contribution in [2.24, 2.45) is 17.3 Å². The summed E-state index contributed by atoms with van der Waals surface area (Å²) in [6.07, 6.45) is 3.02. The van der Waals surface area contributed by atoms with Crippen LogP contribution in [0.2, 0.25) is 0 Å². The molecule has 0 amide bonds. The van der Waals surface area contributed by atoms with Crippen LogP contribution < -0.4 is 5.32 Å². The van der Waals surface area contributed by atoms with Gasteiger partial charge in [0.15, 0.2) is 5.78 Å². The predicted octanol–water partition coefficient (Wildman–Crippen LogP) is 6.64. The second kappa shape index (κ2) is 13.9. The van der Waals surface area contributed by atoms with Gasteiger partial charge in [0.25, 0.3) is 0 Å². The summed E-state index contributed by atoms with van der Waals surface area (Å²) in [5, 5.41) is 12.3. The van der Waals surface area contributed by atoms with Crippen LogP contribution in [-0.2, 0) is 16.0 Å². The SMILES string of the molecule is C=C(C)[C@@H](C)Cc1ccc(O)cc1.C=C(N[C@@H](CCC(C)=O)C(C)=O)C(C)(C)C(C)CC. The zero-order chi connectivity index (χ0) is 25.1. The molecule has 0 aliphatic heterocycles. The van der Waals surface area contributed by atoms with Gasteiger partial charge in [0.05, 0.1) is 6.04 Å². The van der Waals surface area contributed by atoms with E-state index >= 15 is 0 Å². The number of carbonyl (C=O) groups excluding carboxylic acids is 2. The molecular weight excluding hydrogens is 398 g/mol. The molecule has 1 unspecified atom stereocenters. The van der Waals surface area contributed by atoms with E-state index in [0.29, 0.717) is 30.4 Å². The summed E-state index contributed by atoms with van der Waals surface area (Å²) in [6.45, 7) is 23.9. The molecule has 0 aromatic heterocycles. The molecule has 0 fully saturated rings. The number of ketones is 2. The number of carbonyl (C=O) groups is 2. The molecule has 180 valence electrons. The van der Waals surface area contributed by atoms with Gasteiger partial charge in [0, 0.05) is 17.5 Å². The number of allylic oxidation sites excluding steroid dienone is 2. The van der Waals surface area contributed by atoms with Crippen LogP contribution in [-0.4, -0.2) is 22.7 Å².